The lowest BCUT2D eigenvalue weighted by Gasteiger charge is -2.51. The predicted octanol–water partition coefficient (Wildman–Crippen LogP) is 2.61. The number of aliphatic hydroxyl groups excluding tert-OH is 2. The van der Waals surface area contributed by atoms with Gasteiger partial charge >= 0.3 is 23.9 Å². The smallest absolute Gasteiger partial charge is 0.308 e. The van der Waals surface area contributed by atoms with Crippen LogP contribution in [0.2, 0.25) is 0 Å². The number of cyclic esters (lactones) is 1. The van der Waals surface area contributed by atoms with Crippen molar-refractivity contribution < 1.29 is 82.3 Å². The summed E-state index contributed by atoms with van der Waals surface area (Å²) in [6.07, 6.45) is -6.18. The van der Waals surface area contributed by atoms with Crippen LogP contribution < -0.4 is 0 Å². The Labute approximate surface area is 358 Å². The maximum absolute atomic E-state index is 13.4. The molecule has 3 aliphatic heterocycles. The summed E-state index contributed by atoms with van der Waals surface area (Å²) in [6.45, 7) is 10.2. The summed E-state index contributed by atoms with van der Waals surface area (Å²) in [5.41, 5.74) is -1.57. The molecule has 348 valence electrons. The van der Waals surface area contributed by atoms with Gasteiger partial charge in [-0.15, -0.1) is 0 Å². The van der Waals surface area contributed by atoms with Gasteiger partial charge in [-0.1, -0.05) is 38.2 Å². The van der Waals surface area contributed by atoms with Crippen LogP contribution in [0.25, 0.3) is 0 Å². The van der Waals surface area contributed by atoms with Crippen LogP contribution in [0.4, 0.5) is 0 Å². The fourth-order valence-electron chi connectivity index (χ4n) is 8.18. The predicted molar refractivity (Wildman–Crippen MR) is 217 cm³/mol. The van der Waals surface area contributed by atoms with Crippen molar-refractivity contribution in [1.29, 1.82) is 0 Å². The van der Waals surface area contributed by atoms with Crippen molar-refractivity contribution in [2.24, 2.45) is 11.8 Å². The van der Waals surface area contributed by atoms with Crippen molar-refractivity contribution in [3.05, 3.63) is 24.3 Å². The number of esters is 3. The maximum Gasteiger partial charge on any atom is 0.308 e. The van der Waals surface area contributed by atoms with Gasteiger partial charge in [0, 0.05) is 32.8 Å². The van der Waals surface area contributed by atoms with Crippen molar-refractivity contribution >= 4 is 30.2 Å². The fourth-order valence-corrected chi connectivity index (χ4v) is 8.18. The summed E-state index contributed by atoms with van der Waals surface area (Å²) in [6, 6.07) is -0.900. The van der Waals surface area contributed by atoms with Gasteiger partial charge in [-0.25, -0.2) is 0 Å². The molecule has 0 aromatic carbocycles. The molecule has 61 heavy (non-hydrogen) atoms. The molecule has 0 unspecified atom stereocenters. The summed E-state index contributed by atoms with van der Waals surface area (Å²) in [5.74, 6) is -4.55. The van der Waals surface area contributed by atoms with Crippen molar-refractivity contribution in [2.75, 3.05) is 21.2 Å². The van der Waals surface area contributed by atoms with E-state index in [1.807, 2.05) is 6.92 Å². The second-order valence-corrected chi connectivity index (χ2v) is 16.9. The molecule has 16 atom stereocenters. The van der Waals surface area contributed by atoms with Gasteiger partial charge in [0.05, 0.1) is 55.8 Å². The number of aldehydes is 1. The van der Waals surface area contributed by atoms with Gasteiger partial charge in [0.15, 0.2) is 24.8 Å². The van der Waals surface area contributed by atoms with Crippen molar-refractivity contribution in [3.63, 3.8) is 0 Å². The number of carbonyl (C=O) groups excluding carboxylic acids is 4. The molecule has 0 radical (unpaired) electrons. The monoisotopic (exact) mass is 871 g/mol. The van der Waals surface area contributed by atoms with Crippen LogP contribution >= 0.6 is 0 Å². The molecule has 0 aromatic heterocycles. The van der Waals surface area contributed by atoms with E-state index in [0.29, 0.717) is 19.1 Å². The highest BCUT2D eigenvalue weighted by atomic mass is 16.7. The first-order valence-electron chi connectivity index (χ1n) is 21.2. The molecule has 18 heteroatoms. The lowest BCUT2D eigenvalue weighted by atomic mass is 9.82. The summed E-state index contributed by atoms with van der Waals surface area (Å²) >= 11 is 0. The minimum atomic E-state index is -1.57. The number of rotatable bonds is 15. The van der Waals surface area contributed by atoms with Gasteiger partial charge in [0.25, 0.3) is 0 Å². The van der Waals surface area contributed by atoms with E-state index in [-0.39, 0.29) is 25.7 Å². The highest BCUT2D eigenvalue weighted by Gasteiger charge is 2.54. The number of carbonyl (C=O) groups is 5. The Bertz CT molecular complexity index is 1490. The number of methoxy groups -OCH3 is 1. The fraction of sp³-hybridized carbons (Fsp3) is 0.791. The Hall–Kier alpha value is -3.33. The van der Waals surface area contributed by atoms with Crippen LogP contribution in [-0.2, 0) is 61.9 Å². The molecule has 0 bridgehead atoms. The molecule has 18 nitrogen and oxygen atoms in total. The third-order valence-corrected chi connectivity index (χ3v) is 11.3. The van der Waals surface area contributed by atoms with Crippen LogP contribution in [-0.4, -0.2) is 162 Å². The molecule has 3 aliphatic rings. The van der Waals surface area contributed by atoms with E-state index in [0.717, 1.165) is 0 Å². The zero-order valence-electron chi connectivity index (χ0n) is 37.0. The maximum atomic E-state index is 13.4. The third-order valence-electron chi connectivity index (χ3n) is 11.3. The average Bonchev–Trinajstić information content (AvgIpc) is 3.15. The van der Waals surface area contributed by atoms with Gasteiger partial charge in [-0.05, 0) is 66.5 Å². The number of likely N-dealkylation sites (N-methyl/N-ethyl adjacent to an activating group) is 1. The molecule has 4 N–H and O–H groups in total. The lowest BCUT2D eigenvalue weighted by molar-refractivity contribution is -0.345. The largest absolute Gasteiger partial charge is 0.481 e. The highest BCUT2D eigenvalue weighted by Crippen LogP contribution is 2.38. The first-order valence-corrected chi connectivity index (χ1v) is 21.2. The topological polar surface area (TPSA) is 243 Å². The van der Waals surface area contributed by atoms with Gasteiger partial charge in [-0.3, -0.25) is 19.2 Å². The number of hydrogen-bond acceptors (Lipinski definition) is 17. The first-order chi connectivity index (χ1) is 28.7. The second-order valence-electron chi connectivity index (χ2n) is 16.9. The highest BCUT2D eigenvalue weighted by molar-refractivity contribution is 5.76. The Morgan fingerprint density at radius 1 is 0.934 bits per heavy atom. The minimum Gasteiger partial charge on any atom is -0.481 e. The molecular weight excluding hydrogens is 802 g/mol. The Morgan fingerprint density at radius 2 is 1.62 bits per heavy atom. The molecule has 3 rings (SSSR count). The van der Waals surface area contributed by atoms with Gasteiger partial charge < -0.3 is 68.0 Å². The zero-order chi connectivity index (χ0) is 45.6. The number of nitrogens with zero attached hydrogens (tertiary/aromatic N) is 1. The average molecular weight is 872 g/mol. The molecule has 0 aromatic rings. The van der Waals surface area contributed by atoms with Gasteiger partial charge in [0.2, 0.25) is 0 Å². The van der Waals surface area contributed by atoms with Crippen molar-refractivity contribution in [3.8, 4) is 0 Å². The zero-order valence-corrected chi connectivity index (χ0v) is 37.0. The van der Waals surface area contributed by atoms with E-state index in [9.17, 15) is 44.4 Å². The molecule has 2 saturated heterocycles. The molecule has 0 aliphatic carbocycles. The second kappa shape index (κ2) is 24.5. The van der Waals surface area contributed by atoms with Gasteiger partial charge in [-0.2, -0.15) is 0 Å². The molecule has 0 saturated carbocycles. The van der Waals surface area contributed by atoms with E-state index >= 15 is 0 Å². The van der Waals surface area contributed by atoms with E-state index in [4.69, 9.17) is 37.9 Å². The van der Waals surface area contributed by atoms with Crippen LogP contribution in [0, 0.1) is 11.8 Å². The lowest BCUT2D eigenvalue weighted by Crippen LogP contribution is -2.66. The van der Waals surface area contributed by atoms with E-state index in [2.05, 4.69) is 0 Å². The molecular formula is C43H69NO17. The van der Waals surface area contributed by atoms with E-state index in [1.165, 1.54) is 14.0 Å². The van der Waals surface area contributed by atoms with Crippen LogP contribution in [0.3, 0.4) is 0 Å². The van der Waals surface area contributed by atoms with Gasteiger partial charge in [0.1, 0.15) is 30.2 Å². The summed E-state index contributed by atoms with van der Waals surface area (Å²) in [7, 11) is 4.69. The number of carboxylic acids is 1. The molecule has 0 amide bonds. The minimum absolute atomic E-state index is 0.118. The van der Waals surface area contributed by atoms with E-state index in [1.54, 1.807) is 71.0 Å². The number of aliphatic carboxylic acids is 1. The number of hydrogen-bond donors (Lipinski definition) is 4. The quantitative estimate of drug-likeness (QED) is 0.105. The molecule has 0 spiro atoms. The Kier molecular flexibility index (Phi) is 20.9. The Balaban J connectivity index is 2.08. The summed E-state index contributed by atoms with van der Waals surface area (Å²) in [4.78, 5) is 64.3. The Morgan fingerprint density at radius 3 is 2.23 bits per heavy atom. The summed E-state index contributed by atoms with van der Waals surface area (Å²) in [5, 5.41) is 43.6. The SMILES string of the molecule is CCCC(=O)O[C@H]1[C@H](C)O[C@@H](O[C@H]2[C@H](N(C)C)[C@@H](OC(=O)CCC(=O)O)[C@H](O[C@H]3[C@@H](CC=O)C[C@@H](C)[C@@H](O)/C=C/C=C/C[C@@H](C)OC(=O)C[C@@H](O)[C@@H]3OC)O[C@@H]2C)C[C@@]1(C)O. The number of carboxylic acid groups (broad SMARTS) is 1. The van der Waals surface area contributed by atoms with Crippen molar-refractivity contribution in [1.82, 2.24) is 4.90 Å². The first kappa shape index (κ1) is 52.0. The summed E-state index contributed by atoms with van der Waals surface area (Å²) < 4.78 is 48.9. The molecule has 2 fully saturated rings. The van der Waals surface area contributed by atoms with Crippen LogP contribution in [0.15, 0.2) is 24.3 Å². The number of allylic oxidation sites excluding steroid dienone is 2. The number of aliphatic hydroxyl groups is 3. The van der Waals surface area contributed by atoms with E-state index < -0.39 is 140 Å². The van der Waals surface area contributed by atoms with Crippen LogP contribution in [0.1, 0.15) is 99.3 Å². The molecule has 3 heterocycles. The van der Waals surface area contributed by atoms with Crippen molar-refractivity contribution in [2.45, 2.75) is 185 Å². The third kappa shape index (κ3) is 15.5. The number of ether oxygens (including phenoxy) is 8. The standard InChI is InChI=1S/C43H69NO17/c1-10-14-32(50)59-41-27(5)56-35(23-43(41,6)53)60-37-26(4)57-42(40(36(37)44(7)8)58-33(51)18-17-31(48)49)61-38-28(19-20-45)21-24(2)29(46)16-13-11-12-15-25(3)55-34(52)22-30(47)39(38)54-9/h11-13,16,20,24-30,35-42,46-47,53H,10,14-15,17-19,21-23H2,1-9H3,(H,48,49)/b12-11+,16-13+/t24-,25-,26-,27+,28+,29+,30-,35+,36+,37-,38+,39+,40-,41+,42+,43-/m1/s1. The normalized spacial score (nSPS) is 39.1. The van der Waals surface area contributed by atoms with Crippen LogP contribution in [0.5, 0.6) is 0 Å².